The van der Waals surface area contributed by atoms with E-state index in [4.69, 9.17) is 4.74 Å². The number of carbonyl (C=O) groups excluding carboxylic acids is 1. The van der Waals surface area contributed by atoms with Crippen molar-refractivity contribution < 1.29 is 9.53 Å². The topological polar surface area (TPSA) is 72.3 Å². The first-order valence-electron chi connectivity index (χ1n) is 8.35. The molecule has 0 spiro atoms. The molecule has 1 amide bonds. The first kappa shape index (κ1) is 15.3. The molecule has 1 aromatic heterocycles. The van der Waals surface area contributed by atoms with E-state index >= 15 is 0 Å². The predicted molar refractivity (Wildman–Crippen MR) is 88.1 cm³/mol. The van der Waals surface area contributed by atoms with Gasteiger partial charge in [-0.15, -0.1) is 10.2 Å². The smallest absolute Gasteiger partial charge is 0.242 e. The van der Waals surface area contributed by atoms with E-state index in [0.717, 1.165) is 17.2 Å². The zero-order chi connectivity index (χ0) is 16.5. The summed E-state index contributed by atoms with van der Waals surface area (Å²) in [5, 5.41) is 11.9. The van der Waals surface area contributed by atoms with E-state index in [-0.39, 0.29) is 18.1 Å². The van der Waals surface area contributed by atoms with Crippen molar-refractivity contribution in [1.29, 1.82) is 0 Å². The highest BCUT2D eigenvalue weighted by Gasteiger charge is 2.34. The fourth-order valence-corrected chi connectivity index (χ4v) is 3.35. The van der Waals surface area contributed by atoms with Crippen LogP contribution in [0.4, 0.5) is 0 Å². The third-order valence-electron chi connectivity index (χ3n) is 4.68. The quantitative estimate of drug-likeness (QED) is 0.877. The van der Waals surface area contributed by atoms with Crippen molar-refractivity contribution in [3.63, 3.8) is 0 Å². The van der Waals surface area contributed by atoms with E-state index in [1.165, 1.54) is 0 Å². The number of morpholine rings is 1. The number of benzene rings is 1. The predicted octanol–water partition coefficient (Wildman–Crippen LogP) is 0.664. The van der Waals surface area contributed by atoms with Gasteiger partial charge >= 0.3 is 0 Å². The lowest BCUT2D eigenvalue weighted by Crippen LogP contribution is -2.57. The largest absolute Gasteiger partial charge is 0.375 e. The summed E-state index contributed by atoms with van der Waals surface area (Å²) in [5.74, 6) is 1.78. The van der Waals surface area contributed by atoms with Crippen LogP contribution in [0.1, 0.15) is 12.7 Å². The molecular weight excluding hydrogens is 306 g/mol. The summed E-state index contributed by atoms with van der Waals surface area (Å²) in [4.78, 5) is 14.6. The Balaban J connectivity index is 1.53. The molecule has 3 heterocycles. The highest BCUT2D eigenvalue weighted by atomic mass is 16.5. The zero-order valence-electron chi connectivity index (χ0n) is 13.7. The van der Waals surface area contributed by atoms with E-state index in [0.29, 0.717) is 32.8 Å². The minimum absolute atomic E-state index is 0.0812. The molecule has 0 unspecified atom stereocenters. The van der Waals surface area contributed by atoms with Gasteiger partial charge in [0, 0.05) is 25.2 Å². The third kappa shape index (κ3) is 2.70. The van der Waals surface area contributed by atoms with Crippen LogP contribution in [0.5, 0.6) is 0 Å². The number of hydrogen-bond donors (Lipinski definition) is 1. The van der Waals surface area contributed by atoms with Crippen LogP contribution in [0, 0.1) is 0 Å². The Morgan fingerprint density at radius 1 is 1.25 bits per heavy atom. The van der Waals surface area contributed by atoms with Gasteiger partial charge < -0.3 is 19.5 Å². The van der Waals surface area contributed by atoms with Crippen LogP contribution in [0.3, 0.4) is 0 Å². The van der Waals surface area contributed by atoms with Gasteiger partial charge in [-0.2, -0.15) is 0 Å². The van der Waals surface area contributed by atoms with E-state index in [1.807, 2.05) is 42.2 Å². The summed E-state index contributed by atoms with van der Waals surface area (Å²) in [6, 6.07) is 9.75. The molecule has 7 heteroatoms. The molecule has 1 aromatic carbocycles. The van der Waals surface area contributed by atoms with Crippen LogP contribution < -0.4 is 5.32 Å². The Morgan fingerprint density at radius 2 is 2.08 bits per heavy atom. The number of carbonyl (C=O) groups is 1. The number of nitrogens with one attached hydrogen (secondary N) is 1. The SMILES string of the molecule is C[C@H]1OCCN[C@@H]1C(=O)N1CCn2c(nnc2-c2ccccc2)C1. The number of amides is 1. The molecule has 2 aliphatic heterocycles. The van der Waals surface area contributed by atoms with Crippen LogP contribution in [0.25, 0.3) is 11.4 Å². The summed E-state index contributed by atoms with van der Waals surface area (Å²) >= 11 is 0. The van der Waals surface area contributed by atoms with E-state index in [2.05, 4.69) is 20.1 Å². The minimum atomic E-state index is -0.276. The van der Waals surface area contributed by atoms with Crippen LogP contribution in [-0.2, 0) is 22.6 Å². The normalized spacial score (nSPS) is 23.8. The van der Waals surface area contributed by atoms with E-state index in [1.54, 1.807) is 0 Å². The van der Waals surface area contributed by atoms with Gasteiger partial charge in [-0.1, -0.05) is 30.3 Å². The van der Waals surface area contributed by atoms with Crippen molar-refractivity contribution in [3.8, 4) is 11.4 Å². The molecule has 2 aromatic rings. The first-order valence-corrected chi connectivity index (χ1v) is 8.35. The second-order valence-corrected chi connectivity index (χ2v) is 6.22. The van der Waals surface area contributed by atoms with Crippen molar-refractivity contribution in [2.75, 3.05) is 19.7 Å². The highest BCUT2D eigenvalue weighted by molar-refractivity contribution is 5.82. The summed E-state index contributed by atoms with van der Waals surface area (Å²) in [7, 11) is 0. The van der Waals surface area contributed by atoms with Crippen molar-refractivity contribution in [3.05, 3.63) is 36.2 Å². The number of fused-ring (bicyclic) bond motifs is 1. The van der Waals surface area contributed by atoms with Gasteiger partial charge in [0.2, 0.25) is 5.91 Å². The monoisotopic (exact) mass is 327 g/mol. The average molecular weight is 327 g/mol. The van der Waals surface area contributed by atoms with Gasteiger partial charge in [0.15, 0.2) is 11.6 Å². The molecule has 0 saturated carbocycles. The minimum Gasteiger partial charge on any atom is -0.375 e. The second kappa shape index (κ2) is 6.33. The molecule has 4 rings (SSSR count). The number of nitrogens with zero attached hydrogens (tertiary/aromatic N) is 4. The lowest BCUT2D eigenvalue weighted by Gasteiger charge is -2.35. The summed E-state index contributed by atoms with van der Waals surface area (Å²) < 4.78 is 7.70. The molecule has 0 radical (unpaired) electrons. The summed E-state index contributed by atoms with van der Waals surface area (Å²) in [5.41, 5.74) is 1.05. The van der Waals surface area contributed by atoms with Gasteiger partial charge in [-0.3, -0.25) is 4.79 Å². The molecule has 1 saturated heterocycles. The fourth-order valence-electron chi connectivity index (χ4n) is 3.35. The van der Waals surface area contributed by atoms with Crippen LogP contribution in [0.2, 0.25) is 0 Å². The van der Waals surface area contributed by atoms with Gasteiger partial charge in [-0.25, -0.2) is 0 Å². The average Bonchev–Trinajstić information content (AvgIpc) is 3.05. The lowest BCUT2D eigenvalue weighted by atomic mass is 10.1. The molecule has 1 N–H and O–H groups in total. The van der Waals surface area contributed by atoms with E-state index in [9.17, 15) is 4.79 Å². The van der Waals surface area contributed by atoms with Crippen molar-refractivity contribution >= 4 is 5.91 Å². The van der Waals surface area contributed by atoms with Gasteiger partial charge in [0.05, 0.1) is 19.3 Å². The maximum atomic E-state index is 12.8. The Labute approximate surface area is 140 Å². The van der Waals surface area contributed by atoms with E-state index < -0.39 is 0 Å². The maximum absolute atomic E-state index is 12.8. The van der Waals surface area contributed by atoms with Crippen LogP contribution in [0.15, 0.2) is 30.3 Å². The van der Waals surface area contributed by atoms with Crippen molar-refractivity contribution in [2.45, 2.75) is 32.2 Å². The first-order chi connectivity index (χ1) is 11.7. The lowest BCUT2D eigenvalue weighted by molar-refractivity contribution is -0.141. The number of rotatable bonds is 2. The Bertz CT molecular complexity index is 730. The summed E-state index contributed by atoms with van der Waals surface area (Å²) in [6.07, 6.45) is -0.106. The van der Waals surface area contributed by atoms with Gasteiger partial charge in [-0.05, 0) is 6.92 Å². The highest BCUT2D eigenvalue weighted by Crippen LogP contribution is 2.22. The molecule has 126 valence electrons. The molecule has 0 bridgehead atoms. The molecule has 2 aliphatic rings. The number of hydrogen-bond acceptors (Lipinski definition) is 5. The van der Waals surface area contributed by atoms with Crippen LogP contribution in [-0.4, -0.2) is 57.4 Å². The standard InChI is InChI=1S/C17H21N5O2/c1-12-15(18-7-10-24-12)17(23)21-8-9-22-14(11-21)19-20-16(22)13-5-3-2-4-6-13/h2-6,12,15,18H,7-11H2,1H3/t12-,15+/m1/s1. The van der Waals surface area contributed by atoms with Crippen LogP contribution >= 0.6 is 0 Å². The Hall–Kier alpha value is -2.25. The Morgan fingerprint density at radius 3 is 2.88 bits per heavy atom. The number of aromatic nitrogens is 3. The molecule has 2 atom stereocenters. The van der Waals surface area contributed by atoms with Crippen molar-refractivity contribution in [2.24, 2.45) is 0 Å². The van der Waals surface area contributed by atoms with Crippen molar-refractivity contribution in [1.82, 2.24) is 25.0 Å². The fraction of sp³-hybridized carbons (Fsp3) is 0.471. The maximum Gasteiger partial charge on any atom is 0.242 e. The number of ether oxygens (including phenoxy) is 1. The molecule has 24 heavy (non-hydrogen) atoms. The van der Waals surface area contributed by atoms with Gasteiger partial charge in [0.25, 0.3) is 0 Å². The second-order valence-electron chi connectivity index (χ2n) is 6.22. The van der Waals surface area contributed by atoms with Gasteiger partial charge in [0.1, 0.15) is 6.04 Å². The molecule has 0 aliphatic carbocycles. The molecule has 7 nitrogen and oxygen atoms in total. The zero-order valence-corrected chi connectivity index (χ0v) is 13.7. The summed E-state index contributed by atoms with van der Waals surface area (Å²) in [6.45, 7) is 5.16. The Kier molecular flexibility index (Phi) is 4.03. The molecule has 1 fully saturated rings. The molecular formula is C17H21N5O2. The third-order valence-corrected chi connectivity index (χ3v) is 4.68.